The second kappa shape index (κ2) is 6.25. The molecule has 1 heterocycles. The monoisotopic (exact) mass is 319 g/mol. The first-order valence-corrected chi connectivity index (χ1v) is 8.01. The maximum atomic E-state index is 12.3. The molecule has 1 aromatic carbocycles. The molecular weight excluding hydrogens is 302 g/mol. The molecule has 0 aliphatic carbocycles. The third-order valence-corrected chi connectivity index (χ3v) is 5.09. The van der Waals surface area contributed by atoms with Crippen molar-refractivity contribution in [3.8, 4) is 0 Å². The maximum absolute atomic E-state index is 12.3. The van der Waals surface area contributed by atoms with Crippen LogP contribution in [0.5, 0.6) is 0 Å². The number of benzene rings is 1. The van der Waals surface area contributed by atoms with Gasteiger partial charge in [0.1, 0.15) is 0 Å². The van der Waals surface area contributed by atoms with Crippen LogP contribution in [0.25, 0.3) is 0 Å². The second-order valence-corrected chi connectivity index (χ2v) is 7.08. The number of hydrogen-bond acceptors (Lipinski definition) is 4. The number of nitrogens with one attached hydrogen (secondary N) is 1. The predicted octanol–water partition coefficient (Wildman–Crippen LogP) is 1.89. The predicted molar refractivity (Wildman–Crippen MR) is 84.2 cm³/mol. The van der Waals surface area contributed by atoms with Crippen LogP contribution in [0.3, 0.4) is 0 Å². The van der Waals surface area contributed by atoms with Crippen LogP contribution < -0.4 is 5.32 Å². The largest absolute Gasteiger partial charge is 0.321 e. The average Bonchev–Trinajstić information content (AvgIpc) is 2.48. The van der Waals surface area contributed by atoms with E-state index in [4.69, 9.17) is 0 Å². The normalized spacial score (nSPS) is 11.5. The number of sulfonamides is 1. The van der Waals surface area contributed by atoms with E-state index in [1.165, 1.54) is 26.4 Å². The number of aryl methyl sites for hydroxylation is 1. The van der Waals surface area contributed by atoms with Crippen LogP contribution in [0.15, 0.2) is 47.6 Å². The SMILES string of the molecule is Cc1ccc(C(=O)Nc2cccnc2)cc1S(=O)(=O)N(C)C. The van der Waals surface area contributed by atoms with Crippen LogP contribution in [-0.2, 0) is 10.0 Å². The molecule has 0 aliphatic rings. The number of carbonyl (C=O) groups excluding carboxylic acids is 1. The fourth-order valence-electron chi connectivity index (χ4n) is 1.86. The molecule has 22 heavy (non-hydrogen) atoms. The summed E-state index contributed by atoms with van der Waals surface area (Å²) in [4.78, 5) is 16.3. The Hall–Kier alpha value is -2.25. The summed E-state index contributed by atoms with van der Waals surface area (Å²) in [6.45, 7) is 1.69. The van der Waals surface area contributed by atoms with Gasteiger partial charge in [-0.15, -0.1) is 0 Å². The first kappa shape index (κ1) is 16.1. The highest BCUT2D eigenvalue weighted by Gasteiger charge is 2.21. The molecule has 1 aromatic heterocycles. The van der Waals surface area contributed by atoms with Crippen LogP contribution in [0, 0.1) is 6.92 Å². The summed E-state index contributed by atoms with van der Waals surface area (Å²) >= 11 is 0. The number of carbonyl (C=O) groups is 1. The van der Waals surface area contributed by atoms with Gasteiger partial charge in [0.05, 0.1) is 16.8 Å². The summed E-state index contributed by atoms with van der Waals surface area (Å²) in [5.41, 5.74) is 1.41. The Bertz CT molecular complexity index is 787. The number of aromatic nitrogens is 1. The van der Waals surface area contributed by atoms with Gasteiger partial charge in [0.15, 0.2) is 0 Å². The van der Waals surface area contributed by atoms with Crippen LogP contribution in [-0.4, -0.2) is 37.7 Å². The van der Waals surface area contributed by atoms with Gasteiger partial charge >= 0.3 is 0 Å². The topological polar surface area (TPSA) is 79.4 Å². The van der Waals surface area contributed by atoms with E-state index in [0.717, 1.165) is 4.31 Å². The van der Waals surface area contributed by atoms with E-state index < -0.39 is 10.0 Å². The summed E-state index contributed by atoms with van der Waals surface area (Å²) < 4.78 is 25.7. The van der Waals surface area contributed by atoms with Crippen molar-refractivity contribution in [1.29, 1.82) is 0 Å². The number of rotatable bonds is 4. The Morgan fingerprint density at radius 1 is 1.23 bits per heavy atom. The molecule has 1 amide bonds. The molecule has 2 rings (SSSR count). The lowest BCUT2D eigenvalue weighted by molar-refractivity contribution is 0.102. The highest BCUT2D eigenvalue weighted by molar-refractivity contribution is 7.89. The average molecular weight is 319 g/mol. The van der Waals surface area contributed by atoms with Crippen LogP contribution in [0.2, 0.25) is 0 Å². The number of amides is 1. The number of pyridine rings is 1. The van der Waals surface area contributed by atoms with Gasteiger partial charge in [-0.3, -0.25) is 9.78 Å². The molecular formula is C15H17N3O3S. The summed E-state index contributed by atoms with van der Waals surface area (Å²) in [6, 6.07) is 8.00. The van der Waals surface area contributed by atoms with E-state index >= 15 is 0 Å². The molecule has 0 bridgehead atoms. The van der Waals surface area contributed by atoms with Gasteiger partial charge in [0, 0.05) is 25.9 Å². The molecule has 6 nitrogen and oxygen atoms in total. The summed E-state index contributed by atoms with van der Waals surface area (Å²) in [6.07, 6.45) is 3.12. The quantitative estimate of drug-likeness (QED) is 0.933. The minimum absolute atomic E-state index is 0.122. The minimum Gasteiger partial charge on any atom is -0.321 e. The van der Waals surface area contributed by atoms with Crippen molar-refractivity contribution < 1.29 is 13.2 Å². The van der Waals surface area contributed by atoms with Gasteiger partial charge in [-0.25, -0.2) is 12.7 Å². The third-order valence-electron chi connectivity index (χ3n) is 3.13. The molecule has 0 atom stereocenters. The van der Waals surface area contributed by atoms with Gasteiger partial charge < -0.3 is 5.32 Å². The third kappa shape index (κ3) is 3.32. The van der Waals surface area contributed by atoms with E-state index in [2.05, 4.69) is 10.3 Å². The lowest BCUT2D eigenvalue weighted by atomic mass is 10.1. The molecule has 0 aliphatic heterocycles. The summed E-state index contributed by atoms with van der Waals surface area (Å²) in [7, 11) is -0.684. The van der Waals surface area contributed by atoms with Crippen molar-refractivity contribution in [3.05, 3.63) is 53.9 Å². The van der Waals surface area contributed by atoms with E-state index in [0.29, 0.717) is 11.3 Å². The fraction of sp³-hybridized carbons (Fsp3) is 0.200. The Balaban J connectivity index is 2.36. The van der Waals surface area contributed by atoms with Crippen molar-refractivity contribution in [2.45, 2.75) is 11.8 Å². The minimum atomic E-state index is -3.60. The summed E-state index contributed by atoms with van der Waals surface area (Å²) in [5, 5.41) is 2.68. The number of nitrogens with zero attached hydrogens (tertiary/aromatic N) is 2. The Labute approximate surface area is 129 Å². The van der Waals surface area contributed by atoms with Gasteiger partial charge in [0.2, 0.25) is 10.0 Å². The van der Waals surface area contributed by atoms with Crippen LogP contribution in [0.1, 0.15) is 15.9 Å². The highest BCUT2D eigenvalue weighted by atomic mass is 32.2. The van der Waals surface area contributed by atoms with Crippen molar-refractivity contribution in [2.24, 2.45) is 0 Å². The Morgan fingerprint density at radius 2 is 1.95 bits per heavy atom. The zero-order chi connectivity index (χ0) is 16.3. The molecule has 0 fully saturated rings. The van der Waals surface area contributed by atoms with Crippen molar-refractivity contribution in [1.82, 2.24) is 9.29 Å². The smallest absolute Gasteiger partial charge is 0.255 e. The molecule has 116 valence electrons. The van der Waals surface area contributed by atoms with Gasteiger partial charge in [-0.2, -0.15) is 0 Å². The van der Waals surface area contributed by atoms with Crippen LogP contribution >= 0.6 is 0 Å². The molecule has 0 saturated heterocycles. The van der Waals surface area contributed by atoms with Crippen LogP contribution in [0.4, 0.5) is 5.69 Å². The molecule has 0 spiro atoms. The van der Waals surface area contributed by atoms with E-state index in [9.17, 15) is 13.2 Å². The molecule has 1 N–H and O–H groups in total. The Morgan fingerprint density at radius 3 is 2.55 bits per heavy atom. The molecule has 0 unspecified atom stereocenters. The second-order valence-electron chi connectivity index (χ2n) is 4.96. The van der Waals surface area contributed by atoms with E-state index in [1.54, 1.807) is 37.4 Å². The van der Waals surface area contributed by atoms with Crippen molar-refractivity contribution >= 4 is 21.6 Å². The standard InChI is InChI=1S/C15H17N3O3S/c1-11-6-7-12(9-14(11)22(20,21)18(2)3)15(19)17-13-5-4-8-16-10-13/h4-10H,1-3H3,(H,17,19). The zero-order valence-corrected chi connectivity index (χ0v) is 13.4. The first-order chi connectivity index (χ1) is 10.3. The summed E-state index contributed by atoms with van der Waals surface area (Å²) in [5.74, 6) is -0.386. The van der Waals surface area contributed by atoms with E-state index in [-0.39, 0.29) is 16.4 Å². The van der Waals surface area contributed by atoms with E-state index in [1.807, 2.05) is 0 Å². The van der Waals surface area contributed by atoms with Gasteiger partial charge in [0.25, 0.3) is 5.91 Å². The molecule has 2 aromatic rings. The zero-order valence-electron chi connectivity index (χ0n) is 12.6. The van der Waals surface area contributed by atoms with Gasteiger partial charge in [-0.05, 0) is 36.8 Å². The molecule has 7 heteroatoms. The Kier molecular flexibility index (Phi) is 4.58. The van der Waals surface area contributed by atoms with Crippen molar-refractivity contribution in [2.75, 3.05) is 19.4 Å². The molecule has 0 radical (unpaired) electrons. The van der Waals surface area contributed by atoms with Crippen molar-refractivity contribution in [3.63, 3.8) is 0 Å². The lowest BCUT2D eigenvalue weighted by Gasteiger charge is -2.14. The number of anilines is 1. The maximum Gasteiger partial charge on any atom is 0.255 e. The highest BCUT2D eigenvalue weighted by Crippen LogP contribution is 2.20. The van der Waals surface area contributed by atoms with Gasteiger partial charge in [-0.1, -0.05) is 6.07 Å². The first-order valence-electron chi connectivity index (χ1n) is 6.57. The lowest BCUT2D eigenvalue weighted by Crippen LogP contribution is -2.23. The fourth-order valence-corrected chi connectivity index (χ4v) is 3.00. The number of hydrogen-bond donors (Lipinski definition) is 1. The molecule has 0 saturated carbocycles.